The average molecular weight is 377 g/mol. The second-order valence-corrected chi connectivity index (χ2v) is 5.29. The molecule has 3 aromatic rings. The highest BCUT2D eigenvalue weighted by atomic mass is 79.9. The van der Waals surface area contributed by atoms with Crippen LogP contribution < -0.4 is 4.74 Å². The van der Waals surface area contributed by atoms with Gasteiger partial charge in [0.2, 0.25) is 0 Å². The molecule has 3 rings (SSSR count). The number of imidazole rings is 1. The summed E-state index contributed by atoms with van der Waals surface area (Å²) in [4.78, 5) is 3.25. The van der Waals surface area contributed by atoms with Gasteiger partial charge in [0, 0.05) is 11.9 Å². The first-order valence-electron chi connectivity index (χ1n) is 6.70. The Hall–Kier alpha value is -1.85. The van der Waals surface area contributed by atoms with Gasteiger partial charge in [-0.25, -0.2) is 0 Å². The van der Waals surface area contributed by atoms with E-state index in [9.17, 15) is 0 Å². The fourth-order valence-electron chi connectivity index (χ4n) is 2.21. The number of ether oxygens (including phenoxy) is 1. The fraction of sp³-hybridized carbons (Fsp3) is 0.118. The molecule has 0 saturated carbocycles. The zero-order valence-corrected chi connectivity index (χ0v) is 14.9. The monoisotopic (exact) mass is 376 g/mol. The third-order valence-corrected chi connectivity index (χ3v) is 3.73. The summed E-state index contributed by atoms with van der Waals surface area (Å²) in [6.07, 6.45) is 2.02. The molecule has 0 aliphatic rings. The number of methoxy groups -OCH3 is 1. The largest absolute Gasteiger partial charge is 0.497 e. The lowest BCUT2D eigenvalue weighted by Crippen LogP contribution is -1.91. The molecule has 1 aromatic heterocycles. The van der Waals surface area contributed by atoms with E-state index in [1.165, 1.54) is 5.56 Å². The van der Waals surface area contributed by atoms with Crippen LogP contribution in [0.2, 0.25) is 0 Å². The maximum Gasteiger partial charge on any atom is 0.182 e. The van der Waals surface area contributed by atoms with Crippen LogP contribution in [0.3, 0.4) is 0 Å². The Bertz CT molecular complexity index is 804. The number of benzene rings is 2. The summed E-state index contributed by atoms with van der Waals surface area (Å²) >= 11 is 5.42. The SMILES string of the molecule is Br.COc1ccc(-c2cn(-c3ccc(C)cc3)c(=S)[nH]2)cc1. The van der Waals surface area contributed by atoms with Gasteiger partial charge in [-0.15, -0.1) is 17.0 Å². The lowest BCUT2D eigenvalue weighted by atomic mass is 10.1. The zero-order valence-electron chi connectivity index (χ0n) is 12.4. The number of nitrogens with one attached hydrogen (secondary N) is 1. The second kappa shape index (κ2) is 6.94. The third-order valence-electron chi connectivity index (χ3n) is 3.43. The highest BCUT2D eigenvalue weighted by molar-refractivity contribution is 8.93. The number of nitrogens with zero attached hydrogens (tertiary/aromatic N) is 1. The van der Waals surface area contributed by atoms with Gasteiger partial charge < -0.3 is 9.72 Å². The molecule has 114 valence electrons. The molecule has 0 aliphatic carbocycles. The lowest BCUT2D eigenvalue weighted by molar-refractivity contribution is 0.415. The van der Waals surface area contributed by atoms with Crippen molar-refractivity contribution in [2.75, 3.05) is 7.11 Å². The molecule has 0 unspecified atom stereocenters. The summed E-state index contributed by atoms with van der Waals surface area (Å²) in [6, 6.07) is 16.2. The molecule has 1 heterocycles. The molecule has 0 saturated heterocycles. The van der Waals surface area contributed by atoms with E-state index < -0.39 is 0 Å². The van der Waals surface area contributed by atoms with E-state index in [1.807, 2.05) is 35.0 Å². The standard InChI is InChI=1S/C17H16N2OS.BrH/c1-12-3-7-14(8-4-12)19-11-16(18-17(19)21)13-5-9-15(20-2)10-6-13;/h3-11H,1-2H3,(H,18,21);1H. The van der Waals surface area contributed by atoms with Crippen molar-refractivity contribution < 1.29 is 4.74 Å². The van der Waals surface area contributed by atoms with Crippen LogP contribution >= 0.6 is 29.2 Å². The van der Waals surface area contributed by atoms with E-state index in [-0.39, 0.29) is 17.0 Å². The molecule has 0 spiro atoms. The van der Waals surface area contributed by atoms with Gasteiger partial charge in [-0.3, -0.25) is 4.57 Å². The second-order valence-electron chi connectivity index (χ2n) is 4.91. The maximum atomic E-state index is 5.42. The number of aromatic nitrogens is 2. The van der Waals surface area contributed by atoms with E-state index in [0.717, 1.165) is 22.7 Å². The predicted molar refractivity (Wildman–Crippen MR) is 98.0 cm³/mol. The van der Waals surface area contributed by atoms with Crippen molar-refractivity contribution >= 4 is 29.2 Å². The van der Waals surface area contributed by atoms with Crippen molar-refractivity contribution in [1.29, 1.82) is 0 Å². The summed E-state index contributed by atoms with van der Waals surface area (Å²) in [7, 11) is 1.66. The number of halogens is 1. The van der Waals surface area contributed by atoms with E-state index >= 15 is 0 Å². The van der Waals surface area contributed by atoms with Gasteiger partial charge in [-0.05, 0) is 61.1 Å². The normalized spacial score (nSPS) is 10.1. The first-order chi connectivity index (χ1) is 10.2. The molecule has 3 nitrogen and oxygen atoms in total. The Balaban J connectivity index is 0.00000176. The molecule has 0 amide bonds. The third kappa shape index (κ3) is 3.31. The highest BCUT2D eigenvalue weighted by Crippen LogP contribution is 2.22. The van der Waals surface area contributed by atoms with Crippen molar-refractivity contribution in [3.8, 4) is 22.7 Å². The highest BCUT2D eigenvalue weighted by Gasteiger charge is 2.05. The molecule has 0 bridgehead atoms. The van der Waals surface area contributed by atoms with Crippen LogP contribution in [0.5, 0.6) is 5.75 Å². The minimum absolute atomic E-state index is 0. The molecular formula is C17H17BrN2OS. The molecule has 0 radical (unpaired) electrons. The predicted octanol–water partition coefficient (Wildman–Crippen LogP) is 5.10. The number of aromatic amines is 1. The first kappa shape index (κ1) is 16.5. The Labute approximate surface area is 145 Å². The van der Waals surface area contributed by atoms with Crippen molar-refractivity contribution in [2.24, 2.45) is 0 Å². The minimum atomic E-state index is 0. The zero-order chi connectivity index (χ0) is 14.8. The number of H-pyrrole nitrogens is 1. The van der Waals surface area contributed by atoms with Crippen LogP contribution in [-0.4, -0.2) is 16.7 Å². The van der Waals surface area contributed by atoms with Gasteiger partial charge in [0.15, 0.2) is 4.77 Å². The molecule has 0 atom stereocenters. The van der Waals surface area contributed by atoms with Crippen molar-refractivity contribution in [1.82, 2.24) is 9.55 Å². The molecule has 1 N–H and O–H groups in total. The summed E-state index contributed by atoms with van der Waals surface area (Å²) in [5, 5.41) is 0. The molecule has 22 heavy (non-hydrogen) atoms. The van der Waals surface area contributed by atoms with Crippen molar-refractivity contribution in [2.45, 2.75) is 6.92 Å². The molecule has 5 heteroatoms. The van der Waals surface area contributed by atoms with E-state index in [2.05, 4.69) is 36.2 Å². The maximum absolute atomic E-state index is 5.42. The summed E-state index contributed by atoms with van der Waals surface area (Å²) in [5.41, 5.74) is 4.36. The number of hydrogen-bond donors (Lipinski definition) is 1. The van der Waals surface area contributed by atoms with Gasteiger partial charge in [0.1, 0.15) is 5.75 Å². The van der Waals surface area contributed by atoms with Crippen LogP contribution in [-0.2, 0) is 0 Å². The van der Waals surface area contributed by atoms with Gasteiger partial charge >= 0.3 is 0 Å². The molecule has 2 aromatic carbocycles. The Morgan fingerprint density at radius 1 is 1.00 bits per heavy atom. The van der Waals surface area contributed by atoms with E-state index in [1.54, 1.807) is 7.11 Å². The van der Waals surface area contributed by atoms with Gasteiger partial charge in [-0.2, -0.15) is 0 Å². The van der Waals surface area contributed by atoms with Crippen LogP contribution in [0.15, 0.2) is 54.7 Å². The van der Waals surface area contributed by atoms with E-state index in [0.29, 0.717) is 4.77 Å². The Morgan fingerprint density at radius 3 is 2.23 bits per heavy atom. The lowest BCUT2D eigenvalue weighted by Gasteiger charge is -2.02. The molecule has 0 fully saturated rings. The smallest absolute Gasteiger partial charge is 0.182 e. The summed E-state index contributed by atoms with van der Waals surface area (Å²) < 4.78 is 7.84. The van der Waals surface area contributed by atoms with Gasteiger partial charge in [0.25, 0.3) is 0 Å². The van der Waals surface area contributed by atoms with Crippen LogP contribution in [0.25, 0.3) is 16.9 Å². The number of aryl methyl sites for hydroxylation is 1. The average Bonchev–Trinajstić information content (AvgIpc) is 2.90. The van der Waals surface area contributed by atoms with Crippen molar-refractivity contribution in [3.63, 3.8) is 0 Å². The summed E-state index contributed by atoms with van der Waals surface area (Å²) in [6.45, 7) is 2.07. The first-order valence-corrected chi connectivity index (χ1v) is 7.11. The van der Waals surface area contributed by atoms with Crippen LogP contribution in [0.1, 0.15) is 5.56 Å². The molecule has 0 aliphatic heterocycles. The van der Waals surface area contributed by atoms with Crippen molar-refractivity contribution in [3.05, 3.63) is 65.1 Å². The van der Waals surface area contributed by atoms with Crippen LogP contribution in [0.4, 0.5) is 0 Å². The number of hydrogen-bond acceptors (Lipinski definition) is 2. The quantitative estimate of drug-likeness (QED) is 0.644. The Morgan fingerprint density at radius 2 is 1.64 bits per heavy atom. The number of rotatable bonds is 3. The Kier molecular flexibility index (Phi) is 5.21. The van der Waals surface area contributed by atoms with E-state index in [4.69, 9.17) is 17.0 Å². The van der Waals surface area contributed by atoms with Gasteiger partial charge in [-0.1, -0.05) is 17.7 Å². The fourth-order valence-corrected chi connectivity index (χ4v) is 2.48. The van der Waals surface area contributed by atoms with Gasteiger partial charge in [0.05, 0.1) is 12.8 Å². The van der Waals surface area contributed by atoms with Crippen LogP contribution in [0, 0.1) is 11.7 Å². The molecular weight excluding hydrogens is 360 g/mol. The topological polar surface area (TPSA) is 29.9 Å². The summed E-state index contributed by atoms with van der Waals surface area (Å²) in [5.74, 6) is 0.843. The minimum Gasteiger partial charge on any atom is -0.497 e.